The largest absolute Gasteiger partial charge is 0.495 e. The third-order valence-electron chi connectivity index (χ3n) is 6.76. The van der Waals surface area contributed by atoms with E-state index in [1.165, 1.54) is 60.9 Å². The Morgan fingerprint density at radius 1 is 0.818 bits per heavy atom. The number of methoxy groups -OCH3 is 1. The van der Waals surface area contributed by atoms with E-state index >= 15 is 0 Å². The maximum atomic E-state index is 5.55. The van der Waals surface area contributed by atoms with Crippen LogP contribution in [0.5, 0.6) is 5.75 Å². The van der Waals surface area contributed by atoms with Crippen molar-refractivity contribution >= 4 is 16.5 Å². The standard InChI is InChI=1S/C29H39N3O/c1-3-16-31(24-25-14-15-26-10-4-5-11-27(26)23-25)18-9-8-17-30-19-21-32(22-20-30)28-12-6-7-13-29(28)33-2/h4-7,10-15,23H,3,8-9,16-22,24H2,1-2H3. The number of unbranched alkanes of at least 4 members (excludes halogenated alkanes) is 1. The molecule has 3 aromatic carbocycles. The molecule has 0 radical (unpaired) electrons. The van der Waals surface area contributed by atoms with Gasteiger partial charge in [-0.25, -0.2) is 0 Å². The summed E-state index contributed by atoms with van der Waals surface area (Å²) in [5.41, 5.74) is 2.65. The average Bonchev–Trinajstić information content (AvgIpc) is 2.87. The Balaban J connectivity index is 1.20. The summed E-state index contributed by atoms with van der Waals surface area (Å²) in [6.45, 7) is 11.3. The normalized spacial score (nSPS) is 14.8. The molecule has 4 heteroatoms. The summed E-state index contributed by atoms with van der Waals surface area (Å²) >= 11 is 0. The summed E-state index contributed by atoms with van der Waals surface area (Å²) in [5.74, 6) is 0.980. The Morgan fingerprint density at radius 2 is 1.58 bits per heavy atom. The van der Waals surface area contributed by atoms with Crippen LogP contribution in [-0.2, 0) is 6.54 Å². The molecule has 0 atom stereocenters. The number of fused-ring (bicyclic) bond motifs is 1. The highest BCUT2D eigenvalue weighted by Gasteiger charge is 2.19. The first kappa shape index (κ1) is 23.6. The Hall–Kier alpha value is -2.56. The van der Waals surface area contributed by atoms with E-state index in [-0.39, 0.29) is 0 Å². The zero-order valence-corrected chi connectivity index (χ0v) is 20.4. The predicted molar refractivity (Wildman–Crippen MR) is 140 cm³/mol. The maximum absolute atomic E-state index is 5.55. The van der Waals surface area contributed by atoms with E-state index in [1.54, 1.807) is 7.11 Å². The van der Waals surface area contributed by atoms with Gasteiger partial charge in [-0.3, -0.25) is 9.80 Å². The van der Waals surface area contributed by atoms with Crippen LogP contribution in [0.25, 0.3) is 10.8 Å². The third-order valence-corrected chi connectivity index (χ3v) is 6.76. The van der Waals surface area contributed by atoms with Crippen LogP contribution in [0.4, 0.5) is 5.69 Å². The highest BCUT2D eigenvalue weighted by atomic mass is 16.5. The third kappa shape index (κ3) is 6.49. The highest BCUT2D eigenvalue weighted by molar-refractivity contribution is 5.82. The second kappa shape index (κ2) is 12.1. The molecular weight excluding hydrogens is 406 g/mol. The number of rotatable bonds is 11. The van der Waals surface area contributed by atoms with Crippen molar-refractivity contribution < 1.29 is 4.74 Å². The number of nitrogens with zero attached hydrogens (tertiary/aromatic N) is 3. The van der Waals surface area contributed by atoms with Gasteiger partial charge in [0.05, 0.1) is 12.8 Å². The molecule has 3 aromatic rings. The molecule has 1 saturated heterocycles. The Kier molecular flexibility index (Phi) is 8.62. The SMILES string of the molecule is CCCN(CCCCN1CCN(c2ccccc2OC)CC1)Cc1ccc2ccccc2c1. The molecule has 176 valence electrons. The monoisotopic (exact) mass is 445 g/mol. The predicted octanol–water partition coefficient (Wildman–Crippen LogP) is 5.66. The van der Waals surface area contributed by atoms with Crippen LogP contribution < -0.4 is 9.64 Å². The van der Waals surface area contributed by atoms with Crippen LogP contribution in [-0.4, -0.2) is 62.7 Å². The van der Waals surface area contributed by atoms with Gasteiger partial charge in [-0.2, -0.15) is 0 Å². The number of ether oxygens (including phenoxy) is 1. The summed E-state index contributed by atoms with van der Waals surface area (Å²) in [4.78, 5) is 7.71. The molecule has 0 aromatic heterocycles. The minimum absolute atomic E-state index is 0.980. The van der Waals surface area contributed by atoms with Crippen LogP contribution >= 0.6 is 0 Å². The first-order valence-electron chi connectivity index (χ1n) is 12.6. The molecule has 1 aliphatic heterocycles. The Bertz CT molecular complexity index is 997. The summed E-state index contributed by atoms with van der Waals surface area (Å²) in [6, 6.07) is 24.0. The van der Waals surface area contributed by atoms with E-state index in [1.807, 2.05) is 6.07 Å². The fourth-order valence-corrected chi connectivity index (χ4v) is 4.96. The molecule has 1 fully saturated rings. The molecule has 4 rings (SSSR count). The van der Waals surface area contributed by atoms with Gasteiger partial charge in [-0.1, -0.05) is 55.5 Å². The maximum Gasteiger partial charge on any atom is 0.142 e. The lowest BCUT2D eigenvalue weighted by molar-refractivity contribution is 0.229. The summed E-state index contributed by atoms with van der Waals surface area (Å²) < 4.78 is 5.55. The molecule has 33 heavy (non-hydrogen) atoms. The van der Waals surface area contributed by atoms with Crippen molar-refractivity contribution in [2.24, 2.45) is 0 Å². The quantitative estimate of drug-likeness (QED) is 0.354. The van der Waals surface area contributed by atoms with Gasteiger partial charge in [0.2, 0.25) is 0 Å². The van der Waals surface area contributed by atoms with Crippen molar-refractivity contribution in [2.45, 2.75) is 32.7 Å². The van der Waals surface area contributed by atoms with E-state index in [0.717, 1.165) is 38.5 Å². The molecule has 0 spiro atoms. The van der Waals surface area contributed by atoms with Crippen LogP contribution in [0.3, 0.4) is 0 Å². The lowest BCUT2D eigenvalue weighted by Crippen LogP contribution is -2.46. The first-order chi connectivity index (χ1) is 16.3. The van der Waals surface area contributed by atoms with E-state index < -0.39 is 0 Å². The van der Waals surface area contributed by atoms with Crippen LogP contribution in [0.2, 0.25) is 0 Å². The van der Waals surface area contributed by atoms with Gasteiger partial charge in [0.25, 0.3) is 0 Å². The number of hydrogen-bond donors (Lipinski definition) is 0. The van der Waals surface area contributed by atoms with E-state index in [0.29, 0.717) is 0 Å². The number of hydrogen-bond acceptors (Lipinski definition) is 4. The lowest BCUT2D eigenvalue weighted by Gasteiger charge is -2.36. The fraction of sp³-hybridized carbons (Fsp3) is 0.448. The average molecular weight is 446 g/mol. The van der Waals surface area contributed by atoms with Gasteiger partial charge in [0.1, 0.15) is 5.75 Å². The van der Waals surface area contributed by atoms with E-state index in [9.17, 15) is 0 Å². The van der Waals surface area contributed by atoms with Crippen LogP contribution in [0.15, 0.2) is 66.7 Å². The number of para-hydroxylation sites is 2. The van der Waals surface area contributed by atoms with Crippen molar-refractivity contribution in [1.29, 1.82) is 0 Å². The van der Waals surface area contributed by atoms with Crippen molar-refractivity contribution in [3.05, 3.63) is 72.3 Å². The van der Waals surface area contributed by atoms with Crippen molar-refractivity contribution in [3.63, 3.8) is 0 Å². The summed E-state index contributed by atoms with van der Waals surface area (Å²) in [7, 11) is 1.76. The lowest BCUT2D eigenvalue weighted by atomic mass is 10.1. The van der Waals surface area contributed by atoms with Gasteiger partial charge in [-0.15, -0.1) is 0 Å². The topological polar surface area (TPSA) is 19.0 Å². The molecule has 0 unspecified atom stereocenters. The van der Waals surface area contributed by atoms with Crippen molar-refractivity contribution in [1.82, 2.24) is 9.80 Å². The number of piperazine rings is 1. The number of benzene rings is 3. The van der Waals surface area contributed by atoms with E-state index in [4.69, 9.17) is 4.74 Å². The van der Waals surface area contributed by atoms with Gasteiger partial charge in [0, 0.05) is 32.7 Å². The number of anilines is 1. The molecule has 0 amide bonds. The Morgan fingerprint density at radius 3 is 2.36 bits per heavy atom. The molecule has 0 saturated carbocycles. The summed E-state index contributed by atoms with van der Waals surface area (Å²) in [5, 5.41) is 2.67. The van der Waals surface area contributed by atoms with Crippen LogP contribution in [0, 0.1) is 0 Å². The van der Waals surface area contributed by atoms with Gasteiger partial charge in [-0.05, 0) is 73.4 Å². The van der Waals surface area contributed by atoms with Gasteiger partial charge < -0.3 is 9.64 Å². The van der Waals surface area contributed by atoms with E-state index in [2.05, 4.69) is 82.3 Å². The summed E-state index contributed by atoms with van der Waals surface area (Å²) in [6.07, 6.45) is 3.74. The molecule has 1 aliphatic rings. The molecule has 0 N–H and O–H groups in total. The van der Waals surface area contributed by atoms with Gasteiger partial charge >= 0.3 is 0 Å². The van der Waals surface area contributed by atoms with Gasteiger partial charge in [0.15, 0.2) is 0 Å². The molecular formula is C29H39N3O. The minimum Gasteiger partial charge on any atom is -0.495 e. The minimum atomic E-state index is 0.980. The zero-order chi connectivity index (χ0) is 22.9. The highest BCUT2D eigenvalue weighted by Crippen LogP contribution is 2.28. The van der Waals surface area contributed by atoms with Crippen LogP contribution in [0.1, 0.15) is 31.7 Å². The molecule has 1 heterocycles. The second-order valence-electron chi connectivity index (χ2n) is 9.17. The first-order valence-corrected chi connectivity index (χ1v) is 12.6. The Labute approximate surface area is 199 Å². The molecule has 0 aliphatic carbocycles. The fourth-order valence-electron chi connectivity index (χ4n) is 4.96. The second-order valence-corrected chi connectivity index (χ2v) is 9.17. The molecule has 4 nitrogen and oxygen atoms in total. The zero-order valence-electron chi connectivity index (χ0n) is 20.4. The smallest absolute Gasteiger partial charge is 0.142 e. The molecule has 0 bridgehead atoms. The van der Waals surface area contributed by atoms with Crippen molar-refractivity contribution in [2.75, 3.05) is 57.8 Å². The van der Waals surface area contributed by atoms with Crippen molar-refractivity contribution in [3.8, 4) is 5.75 Å².